The molecule has 0 fully saturated rings. The molecule has 45 heavy (non-hydrogen) atoms. The molecule has 0 heteroatoms. The standard InChI is InChI=1S/C18H16.C10H10.C8H10.C7H8.C2H6/c1-13-7-3-4-11-16(13)17-12-6-10-15-9-5-8-14(2)18(15)17;1-8-4-2-5-9-6-3-7-10(8)9;1-7-3-5-8(2)6-4-7;1-7-5-3-2-4-6-7;1-2/h3-12H,1-2H3;2-5,7H,6H2,1H3;3-6H,1-2H3;2-6H,1H3;1-2H3. The van der Waals surface area contributed by atoms with Crippen LogP contribution >= 0.6 is 0 Å². The van der Waals surface area contributed by atoms with E-state index >= 15 is 0 Å². The van der Waals surface area contributed by atoms with Crippen LogP contribution in [-0.2, 0) is 6.42 Å². The number of rotatable bonds is 1. The van der Waals surface area contributed by atoms with Gasteiger partial charge in [-0.2, -0.15) is 0 Å². The number of hydrogen-bond donors (Lipinski definition) is 0. The van der Waals surface area contributed by atoms with Crippen LogP contribution in [-0.4, -0.2) is 0 Å². The van der Waals surface area contributed by atoms with Crippen LogP contribution in [0, 0.1) is 41.5 Å². The fourth-order valence-corrected chi connectivity index (χ4v) is 5.26. The Hall–Kier alpha value is -4.68. The molecular formula is C45H50. The first kappa shape index (κ1) is 34.8. The molecule has 6 aromatic rings. The molecule has 0 heterocycles. The minimum Gasteiger partial charge on any atom is -0.0795 e. The molecule has 0 nitrogen and oxygen atoms in total. The van der Waals surface area contributed by atoms with Gasteiger partial charge in [0.1, 0.15) is 0 Å². The van der Waals surface area contributed by atoms with Gasteiger partial charge in [0, 0.05) is 0 Å². The van der Waals surface area contributed by atoms with Crippen molar-refractivity contribution in [2.24, 2.45) is 0 Å². The molecule has 0 N–H and O–H groups in total. The van der Waals surface area contributed by atoms with E-state index in [0.717, 1.165) is 6.42 Å². The fourth-order valence-electron chi connectivity index (χ4n) is 5.26. The molecule has 0 aromatic heterocycles. The quantitative estimate of drug-likeness (QED) is 0.179. The second-order valence-electron chi connectivity index (χ2n) is 11.4. The highest BCUT2D eigenvalue weighted by Gasteiger charge is 2.07. The summed E-state index contributed by atoms with van der Waals surface area (Å²) in [6.07, 6.45) is 5.55. The summed E-state index contributed by atoms with van der Waals surface area (Å²) in [6, 6.07) is 46.9. The van der Waals surface area contributed by atoms with E-state index in [1.807, 2.05) is 32.0 Å². The van der Waals surface area contributed by atoms with Gasteiger partial charge < -0.3 is 0 Å². The third-order valence-corrected chi connectivity index (χ3v) is 7.74. The fraction of sp³-hybridized carbons (Fsp3) is 0.200. The Labute approximate surface area is 273 Å². The van der Waals surface area contributed by atoms with Crippen LogP contribution in [0.2, 0.25) is 0 Å². The number of hydrogen-bond acceptors (Lipinski definition) is 0. The molecule has 0 aliphatic heterocycles. The van der Waals surface area contributed by atoms with Crippen LogP contribution in [0.5, 0.6) is 0 Å². The van der Waals surface area contributed by atoms with Crippen LogP contribution in [0.1, 0.15) is 58.4 Å². The Morgan fingerprint density at radius 1 is 0.400 bits per heavy atom. The lowest BCUT2D eigenvalue weighted by atomic mass is 9.93. The van der Waals surface area contributed by atoms with E-state index in [0.29, 0.717) is 0 Å². The highest BCUT2D eigenvalue weighted by Crippen LogP contribution is 2.32. The monoisotopic (exact) mass is 590 g/mol. The molecule has 0 spiro atoms. The van der Waals surface area contributed by atoms with Gasteiger partial charge in [0.25, 0.3) is 0 Å². The molecule has 1 aliphatic carbocycles. The van der Waals surface area contributed by atoms with E-state index in [4.69, 9.17) is 0 Å². The van der Waals surface area contributed by atoms with Gasteiger partial charge in [0.05, 0.1) is 0 Å². The van der Waals surface area contributed by atoms with Crippen molar-refractivity contribution >= 4 is 16.8 Å². The Morgan fingerprint density at radius 2 is 0.889 bits per heavy atom. The minimum absolute atomic E-state index is 1.12. The highest BCUT2D eigenvalue weighted by molar-refractivity contribution is 5.99. The SMILES string of the molecule is CC.Cc1ccc(C)cc1.Cc1cccc2c1C=CC2.Cc1ccccc1.Cc1ccccc1-c1cccc2cccc(C)c12. The van der Waals surface area contributed by atoms with E-state index in [2.05, 4.69) is 169 Å². The molecule has 0 unspecified atom stereocenters. The third kappa shape index (κ3) is 10.5. The van der Waals surface area contributed by atoms with Gasteiger partial charge in [-0.25, -0.2) is 0 Å². The summed E-state index contributed by atoms with van der Waals surface area (Å²) in [5, 5.41) is 2.69. The molecule has 7 rings (SSSR count). The Kier molecular flexibility index (Phi) is 14.1. The Bertz CT molecular complexity index is 1740. The first-order valence-electron chi connectivity index (χ1n) is 16.2. The van der Waals surface area contributed by atoms with Crippen molar-refractivity contribution in [3.05, 3.63) is 184 Å². The maximum Gasteiger partial charge on any atom is -0.00760 e. The molecular weight excluding hydrogens is 540 g/mol. The van der Waals surface area contributed by atoms with Gasteiger partial charge in [-0.3, -0.25) is 0 Å². The largest absolute Gasteiger partial charge is 0.0795 e. The average Bonchev–Trinajstić information content (AvgIpc) is 3.56. The first-order chi connectivity index (χ1) is 21.8. The highest BCUT2D eigenvalue weighted by atomic mass is 14.1. The smallest absolute Gasteiger partial charge is 0.00760 e. The number of fused-ring (bicyclic) bond motifs is 2. The number of allylic oxidation sites excluding steroid dienone is 1. The van der Waals surface area contributed by atoms with Crippen LogP contribution in [0.25, 0.3) is 28.0 Å². The first-order valence-corrected chi connectivity index (χ1v) is 16.2. The van der Waals surface area contributed by atoms with Gasteiger partial charge in [0.2, 0.25) is 0 Å². The van der Waals surface area contributed by atoms with Gasteiger partial charge >= 0.3 is 0 Å². The predicted octanol–water partition coefficient (Wildman–Crippen LogP) is 13.0. The van der Waals surface area contributed by atoms with E-state index in [9.17, 15) is 0 Å². The van der Waals surface area contributed by atoms with E-state index < -0.39 is 0 Å². The van der Waals surface area contributed by atoms with Crippen LogP contribution in [0.3, 0.4) is 0 Å². The van der Waals surface area contributed by atoms with Crippen LogP contribution in [0.4, 0.5) is 0 Å². The van der Waals surface area contributed by atoms with E-state index in [-0.39, 0.29) is 0 Å². The molecule has 0 radical (unpaired) electrons. The number of benzene rings is 6. The Balaban J connectivity index is 0.000000174. The number of aryl methyl sites for hydroxylation is 6. The maximum atomic E-state index is 2.22. The summed E-state index contributed by atoms with van der Waals surface area (Å²) in [6.45, 7) is 16.8. The van der Waals surface area contributed by atoms with Crippen molar-refractivity contribution in [3.8, 4) is 11.1 Å². The zero-order valence-electron chi connectivity index (χ0n) is 28.6. The molecule has 0 bridgehead atoms. The van der Waals surface area contributed by atoms with Gasteiger partial charge in [0.15, 0.2) is 0 Å². The molecule has 0 saturated heterocycles. The minimum atomic E-state index is 1.12. The molecule has 0 saturated carbocycles. The van der Waals surface area contributed by atoms with Crippen molar-refractivity contribution < 1.29 is 0 Å². The Morgan fingerprint density at radius 3 is 1.47 bits per heavy atom. The van der Waals surface area contributed by atoms with Crippen LogP contribution in [0.15, 0.2) is 140 Å². The molecule has 0 amide bonds. The third-order valence-electron chi connectivity index (χ3n) is 7.74. The van der Waals surface area contributed by atoms with Gasteiger partial charge in [-0.15, -0.1) is 0 Å². The molecule has 230 valence electrons. The van der Waals surface area contributed by atoms with Gasteiger partial charge in [-0.05, 0) is 97.7 Å². The maximum absolute atomic E-state index is 2.22. The summed E-state index contributed by atoms with van der Waals surface area (Å²) in [7, 11) is 0. The van der Waals surface area contributed by atoms with E-state index in [1.165, 1.54) is 66.4 Å². The van der Waals surface area contributed by atoms with Crippen molar-refractivity contribution in [1.29, 1.82) is 0 Å². The lowest BCUT2D eigenvalue weighted by Crippen LogP contribution is -1.87. The van der Waals surface area contributed by atoms with Crippen LogP contribution < -0.4 is 0 Å². The summed E-state index contributed by atoms with van der Waals surface area (Å²) in [4.78, 5) is 0. The molecule has 6 aromatic carbocycles. The normalized spacial score (nSPS) is 10.5. The zero-order valence-corrected chi connectivity index (χ0v) is 28.6. The summed E-state index contributed by atoms with van der Waals surface area (Å²) < 4.78 is 0. The van der Waals surface area contributed by atoms with Crippen molar-refractivity contribution in [1.82, 2.24) is 0 Å². The van der Waals surface area contributed by atoms with Crippen molar-refractivity contribution in [3.63, 3.8) is 0 Å². The molecule has 0 atom stereocenters. The summed E-state index contributed by atoms with van der Waals surface area (Å²) >= 11 is 0. The second-order valence-corrected chi connectivity index (χ2v) is 11.4. The zero-order chi connectivity index (χ0) is 32.6. The lowest BCUT2D eigenvalue weighted by molar-refractivity contribution is 1.28. The second kappa shape index (κ2) is 18.2. The van der Waals surface area contributed by atoms with Crippen molar-refractivity contribution in [2.75, 3.05) is 0 Å². The van der Waals surface area contributed by atoms with Gasteiger partial charge in [-0.1, -0.05) is 176 Å². The summed E-state index contributed by atoms with van der Waals surface area (Å²) in [5.41, 5.74) is 13.6. The van der Waals surface area contributed by atoms with Crippen molar-refractivity contribution in [2.45, 2.75) is 61.8 Å². The lowest BCUT2D eigenvalue weighted by Gasteiger charge is -2.11. The predicted molar refractivity (Wildman–Crippen MR) is 201 cm³/mol. The molecule has 1 aliphatic rings. The average molecular weight is 591 g/mol. The topological polar surface area (TPSA) is 0 Å². The summed E-state index contributed by atoms with van der Waals surface area (Å²) in [5.74, 6) is 0. The van der Waals surface area contributed by atoms with E-state index in [1.54, 1.807) is 0 Å².